The molecule has 0 radical (unpaired) electrons. The maximum Gasteiger partial charge on any atom is 0.00221 e. The average Bonchev–Trinajstić information content (AvgIpc) is 2.84. The van der Waals surface area contributed by atoms with Gasteiger partial charge in [0.2, 0.25) is 0 Å². The SMILES string of the molecule is c1ccc2c(c1)CCN(CCC1CCNC1)CC2. The molecule has 0 aromatic heterocycles. The molecule has 0 bridgehead atoms. The van der Waals surface area contributed by atoms with Crippen molar-refractivity contribution in [2.45, 2.75) is 25.7 Å². The Labute approximate surface area is 110 Å². The van der Waals surface area contributed by atoms with Crippen molar-refractivity contribution in [3.05, 3.63) is 35.4 Å². The fourth-order valence-electron chi connectivity index (χ4n) is 3.26. The fourth-order valence-corrected chi connectivity index (χ4v) is 3.26. The highest BCUT2D eigenvalue weighted by molar-refractivity contribution is 5.28. The predicted molar refractivity (Wildman–Crippen MR) is 75.9 cm³/mol. The third-order valence-corrected chi connectivity index (χ3v) is 4.53. The van der Waals surface area contributed by atoms with Crippen molar-refractivity contribution in [3.8, 4) is 0 Å². The molecule has 98 valence electrons. The number of nitrogens with zero attached hydrogens (tertiary/aromatic N) is 1. The van der Waals surface area contributed by atoms with Gasteiger partial charge in [0.15, 0.2) is 0 Å². The Bertz CT molecular complexity index is 355. The molecular weight excluding hydrogens is 220 g/mol. The van der Waals surface area contributed by atoms with Crippen LogP contribution < -0.4 is 5.32 Å². The van der Waals surface area contributed by atoms with Crippen LogP contribution in [0.3, 0.4) is 0 Å². The van der Waals surface area contributed by atoms with Crippen LogP contribution >= 0.6 is 0 Å². The molecule has 2 heterocycles. The van der Waals surface area contributed by atoms with Crippen LogP contribution in [-0.4, -0.2) is 37.6 Å². The highest BCUT2D eigenvalue weighted by Gasteiger charge is 2.17. The number of rotatable bonds is 3. The zero-order valence-corrected chi connectivity index (χ0v) is 11.2. The van der Waals surface area contributed by atoms with E-state index in [2.05, 4.69) is 34.5 Å². The second-order valence-corrected chi connectivity index (χ2v) is 5.76. The molecule has 1 fully saturated rings. The molecule has 0 amide bonds. The van der Waals surface area contributed by atoms with Crippen molar-refractivity contribution < 1.29 is 0 Å². The lowest BCUT2D eigenvalue weighted by Gasteiger charge is -2.21. The Hall–Kier alpha value is -0.860. The lowest BCUT2D eigenvalue weighted by Crippen LogP contribution is -2.29. The minimum absolute atomic E-state index is 0.927. The molecule has 2 heteroatoms. The number of nitrogens with one attached hydrogen (secondary N) is 1. The smallest absolute Gasteiger partial charge is 0.00221 e. The quantitative estimate of drug-likeness (QED) is 0.876. The third kappa shape index (κ3) is 2.93. The lowest BCUT2D eigenvalue weighted by molar-refractivity contribution is 0.265. The van der Waals surface area contributed by atoms with Crippen LogP contribution in [0.15, 0.2) is 24.3 Å². The summed E-state index contributed by atoms with van der Waals surface area (Å²) in [4.78, 5) is 2.66. The van der Waals surface area contributed by atoms with Gasteiger partial charge in [0.25, 0.3) is 0 Å². The molecule has 3 rings (SSSR count). The summed E-state index contributed by atoms with van der Waals surface area (Å²) in [6.45, 7) is 6.26. The first-order valence-corrected chi connectivity index (χ1v) is 7.41. The van der Waals surface area contributed by atoms with E-state index in [1.165, 1.54) is 58.4 Å². The van der Waals surface area contributed by atoms with Crippen LogP contribution in [0.2, 0.25) is 0 Å². The second kappa shape index (κ2) is 5.85. The maximum atomic E-state index is 3.47. The second-order valence-electron chi connectivity index (χ2n) is 5.76. The van der Waals surface area contributed by atoms with E-state index < -0.39 is 0 Å². The third-order valence-electron chi connectivity index (χ3n) is 4.53. The normalized spacial score (nSPS) is 24.8. The zero-order valence-electron chi connectivity index (χ0n) is 11.2. The van der Waals surface area contributed by atoms with E-state index in [-0.39, 0.29) is 0 Å². The van der Waals surface area contributed by atoms with E-state index in [1.54, 1.807) is 11.1 Å². The molecule has 1 aromatic carbocycles. The summed E-state index contributed by atoms with van der Waals surface area (Å²) in [6.07, 6.45) is 5.23. The molecule has 1 N–H and O–H groups in total. The molecule has 2 nitrogen and oxygen atoms in total. The topological polar surface area (TPSA) is 15.3 Å². The molecule has 1 unspecified atom stereocenters. The summed E-state index contributed by atoms with van der Waals surface area (Å²) in [5.74, 6) is 0.927. The summed E-state index contributed by atoms with van der Waals surface area (Å²) in [5, 5.41) is 3.47. The molecule has 0 spiro atoms. The molecule has 18 heavy (non-hydrogen) atoms. The highest BCUT2D eigenvalue weighted by Crippen LogP contribution is 2.17. The first-order chi connectivity index (χ1) is 8.92. The molecular formula is C16H24N2. The van der Waals surface area contributed by atoms with Gasteiger partial charge in [0.1, 0.15) is 0 Å². The zero-order chi connectivity index (χ0) is 12.2. The van der Waals surface area contributed by atoms with Crippen molar-refractivity contribution in [1.82, 2.24) is 10.2 Å². The highest BCUT2D eigenvalue weighted by atomic mass is 15.1. The summed E-state index contributed by atoms with van der Waals surface area (Å²) >= 11 is 0. The van der Waals surface area contributed by atoms with Crippen LogP contribution in [0, 0.1) is 5.92 Å². The number of benzene rings is 1. The van der Waals surface area contributed by atoms with Crippen molar-refractivity contribution in [2.24, 2.45) is 5.92 Å². The van der Waals surface area contributed by atoms with Gasteiger partial charge in [-0.1, -0.05) is 24.3 Å². The minimum atomic E-state index is 0.927. The van der Waals surface area contributed by atoms with Crippen molar-refractivity contribution in [1.29, 1.82) is 0 Å². The molecule has 2 aliphatic heterocycles. The van der Waals surface area contributed by atoms with Gasteiger partial charge in [-0.05, 0) is 62.4 Å². The van der Waals surface area contributed by atoms with Crippen molar-refractivity contribution >= 4 is 0 Å². The fraction of sp³-hybridized carbons (Fsp3) is 0.625. The van der Waals surface area contributed by atoms with Gasteiger partial charge in [-0.3, -0.25) is 0 Å². The summed E-state index contributed by atoms with van der Waals surface area (Å²) in [5.41, 5.74) is 3.14. The van der Waals surface area contributed by atoms with Gasteiger partial charge in [-0.15, -0.1) is 0 Å². The summed E-state index contributed by atoms with van der Waals surface area (Å²) in [6, 6.07) is 8.97. The Kier molecular flexibility index (Phi) is 3.96. The van der Waals surface area contributed by atoms with E-state index in [9.17, 15) is 0 Å². The maximum absolute atomic E-state index is 3.47. The predicted octanol–water partition coefficient (Wildman–Crippen LogP) is 2.09. The Morgan fingerprint density at radius 2 is 1.83 bits per heavy atom. The van der Waals surface area contributed by atoms with E-state index >= 15 is 0 Å². The van der Waals surface area contributed by atoms with Crippen LogP contribution in [0.1, 0.15) is 24.0 Å². The Balaban J connectivity index is 1.51. The van der Waals surface area contributed by atoms with Crippen molar-refractivity contribution in [2.75, 3.05) is 32.7 Å². The van der Waals surface area contributed by atoms with E-state index in [1.807, 2.05) is 0 Å². The molecule has 2 aliphatic rings. The van der Waals surface area contributed by atoms with Crippen LogP contribution in [0.25, 0.3) is 0 Å². The van der Waals surface area contributed by atoms with Crippen LogP contribution in [-0.2, 0) is 12.8 Å². The van der Waals surface area contributed by atoms with E-state index in [4.69, 9.17) is 0 Å². The minimum Gasteiger partial charge on any atom is -0.316 e. The van der Waals surface area contributed by atoms with Gasteiger partial charge in [0.05, 0.1) is 0 Å². The molecule has 1 saturated heterocycles. The van der Waals surface area contributed by atoms with Gasteiger partial charge in [0, 0.05) is 13.1 Å². The first-order valence-electron chi connectivity index (χ1n) is 7.41. The van der Waals surface area contributed by atoms with Gasteiger partial charge < -0.3 is 10.2 Å². The summed E-state index contributed by atoms with van der Waals surface area (Å²) < 4.78 is 0. The number of hydrogen-bond donors (Lipinski definition) is 1. The Morgan fingerprint density at radius 3 is 2.44 bits per heavy atom. The van der Waals surface area contributed by atoms with Gasteiger partial charge >= 0.3 is 0 Å². The first kappa shape index (κ1) is 12.2. The number of fused-ring (bicyclic) bond motifs is 1. The monoisotopic (exact) mass is 244 g/mol. The Morgan fingerprint density at radius 1 is 1.11 bits per heavy atom. The molecule has 1 atom stereocenters. The number of hydrogen-bond acceptors (Lipinski definition) is 2. The largest absolute Gasteiger partial charge is 0.316 e. The lowest BCUT2D eigenvalue weighted by atomic mass is 10.0. The van der Waals surface area contributed by atoms with E-state index in [0.29, 0.717) is 0 Å². The molecule has 0 aliphatic carbocycles. The molecule has 1 aromatic rings. The summed E-state index contributed by atoms with van der Waals surface area (Å²) in [7, 11) is 0. The standard InChI is InChI=1S/C16H24N2/c1-2-4-16-8-12-18(11-7-15(16)3-1)10-6-14-5-9-17-13-14/h1-4,14,17H,5-13H2. The van der Waals surface area contributed by atoms with Gasteiger partial charge in [-0.2, -0.15) is 0 Å². The van der Waals surface area contributed by atoms with Crippen molar-refractivity contribution in [3.63, 3.8) is 0 Å². The average molecular weight is 244 g/mol. The molecule has 0 saturated carbocycles. The van der Waals surface area contributed by atoms with Crippen LogP contribution in [0.4, 0.5) is 0 Å². The van der Waals surface area contributed by atoms with Crippen LogP contribution in [0.5, 0.6) is 0 Å². The van der Waals surface area contributed by atoms with E-state index in [0.717, 1.165) is 5.92 Å². The van der Waals surface area contributed by atoms with Gasteiger partial charge in [-0.25, -0.2) is 0 Å².